The number of nitrogens with zero attached hydrogens (tertiary/aromatic N) is 2. The first-order valence-electron chi connectivity index (χ1n) is 10.3. The van der Waals surface area contributed by atoms with Gasteiger partial charge in [-0.05, 0) is 43.6 Å². The molecule has 29 heavy (non-hydrogen) atoms. The van der Waals surface area contributed by atoms with Crippen molar-refractivity contribution in [3.63, 3.8) is 0 Å². The Morgan fingerprint density at radius 3 is 2.97 bits per heavy atom. The second kappa shape index (κ2) is 5.72. The van der Waals surface area contributed by atoms with Crippen LogP contribution in [0.25, 0.3) is 0 Å². The Balaban J connectivity index is 1.70. The van der Waals surface area contributed by atoms with Crippen LogP contribution in [0.15, 0.2) is 41.7 Å². The molecule has 4 atom stereocenters. The fraction of sp³-hybridized carbons (Fsp3) is 0.478. The summed E-state index contributed by atoms with van der Waals surface area (Å²) in [6, 6.07) is 5.59. The molecule has 6 nitrogen and oxygen atoms in total. The fourth-order valence-electron chi connectivity index (χ4n) is 6.47. The summed E-state index contributed by atoms with van der Waals surface area (Å²) in [6.45, 7) is 2.10. The van der Waals surface area contributed by atoms with Crippen LogP contribution in [0.1, 0.15) is 18.4 Å². The summed E-state index contributed by atoms with van der Waals surface area (Å²) < 4.78 is 11.7. The van der Waals surface area contributed by atoms with Crippen LogP contribution in [0.3, 0.4) is 0 Å². The number of carbonyl (C=O) groups excluding carboxylic acids is 2. The standard InChI is InChI=1S/C23H24N2O4/c1-24-8-7-23-15-4-3-5-16(28-2)21(15)25-19(27)11-17-20(22(23)25)14(10-18(23)26)13(12-24)6-9-29-17/h3-6,11,14,20,22H,7-10,12H2,1-2H3. The molecule has 6 heteroatoms. The monoisotopic (exact) mass is 392 g/mol. The van der Waals surface area contributed by atoms with E-state index in [0.717, 1.165) is 30.1 Å². The highest BCUT2D eigenvalue weighted by Crippen LogP contribution is 2.62. The van der Waals surface area contributed by atoms with Gasteiger partial charge < -0.3 is 14.4 Å². The highest BCUT2D eigenvalue weighted by atomic mass is 16.5. The van der Waals surface area contributed by atoms with Gasteiger partial charge in [0.05, 0.1) is 24.3 Å². The Kier molecular flexibility index (Phi) is 3.41. The molecule has 1 aromatic rings. The molecular formula is C23H24N2O4. The number of fused-ring (bicyclic) bond motifs is 6. The molecule has 1 saturated carbocycles. The molecule has 4 unspecified atom stereocenters. The average Bonchev–Trinajstić information content (AvgIpc) is 2.96. The molecule has 5 aliphatic heterocycles. The lowest BCUT2D eigenvalue weighted by Gasteiger charge is -2.50. The van der Waals surface area contributed by atoms with Crippen molar-refractivity contribution in [1.29, 1.82) is 0 Å². The molecule has 7 rings (SSSR count). The normalized spacial score (nSPS) is 35.0. The topological polar surface area (TPSA) is 59.1 Å². The van der Waals surface area contributed by atoms with Crippen molar-refractivity contribution in [2.75, 3.05) is 38.8 Å². The first kappa shape index (κ1) is 17.3. The van der Waals surface area contributed by atoms with Gasteiger partial charge >= 0.3 is 0 Å². The Morgan fingerprint density at radius 2 is 2.14 bits per heavy atom. The number of hydrogen-bond acceptors (Lipinski definition) is 5. The maximum Gasteiger partial charge on any atom is 0.254 e. The summed E-state index contributed by atoms with van der Waals surface area (Å²) >= 11 is 0. The summed E-state index contributed by atoms with van der Waals surface area (Å²) in [5, 5.41) is 0. The van der Waals surface area contributed by atoms with Crippen LogP contribution < -0.4 is 9.64 Å². The second-order valence-electron chi connectivity index (χ2n) is 8.86. The number of benzene rings is 1. The quantitative estimate of drug-likeness (QED) is 0.685. The lowest BCUT2D eigenvalue weighted by molar-refractivity contribution is -0.131. The molecule has 1 spiro atoms. The Bertz CT molecular complexity index is 1010. The minimum absolute atomic E-state index is 0.00255. The molecule has 1 amide bonds. The molecule has 4 bridgehead atoms. The van der Waals surface area contributed by atoms with E-state index in [9.17, 15) is 9.59 Å². The van der Waals surface area contributed by atoms with E-state index in [1.54, 1.807) is 13.2 Å². The van der Waals surface area contributed by atoms with Crippen LogP contribution >= 0.6 is 0 Å². The lowest BCUT2D eigenvalue weighted by Crippen LogP contribution is -2.62. The zero-order chi connectivity index (χ0) is 19.9. The van der Waals surface area contributed by atoms with Crippen LogP contribution in [0.5, 0.6) is 5.75 Å². The average molecular weight is 392 g/mol. The van der Waals surface area contributed by atoms with E-state index >= 15 is 0 Å². The largest absolute Gasteiger partial charge is 0.495 e. The van der Waals surface area contributed by atoms with Gasteiger partial charge in [0.15, 0.2) is 0 Å². The minimum Gasteiger partial charge on any atom is -0.495 e. The number of hydrogen-bond donors (Lipinski definition) is 0. The summed E-state index contributed by atoms with van der Waals surface area (Å²) in [7, 11) is 3.74. The van der Waals surface area contributed by atoms with Crippen LogP contribution in [0.4, 0.5) is 5.69 Å². The van der Waals surface area contributed by atoms with Gasteiger partial charge in [0.2, 0.25) is 0 Å². The summed E-state index contributed by atoms with van der Waals surface area (Å²) in [6.07, 6.45) is 4.97. The van der Waals surface area contributed by atoms with Crippen LogP contribution in [0.2, 0.25) is 0 Å². The number of ether oxygens (including phenoxy) is 2. The van der Waals surface area contributed by atoms with Gasteiger partial charge in [-0.3, -0.25) is 14.5 Å². The van der Waals surface area contributed by atoms with E-state index in [1.807, 2.05) is 23.1 Å². The third-order valence-corrected chi connectivity index (χ3v) is 7.64. The zero-order valence-corrected chi connectivity index (χ0v) is 16.7. The molecular weight excluding hydrogens is 368 g/mol. The van der Waals surface area contributed by atoms with Crippen LogP contribution in [-0.4, -0.2) is 56.5 Å². The molecule has 5 heterocycles. The van der Waals surface area contributed by atoms with Gasteiger partial charge in [0, 0.05) is 25.0 Å². The van der Waals surface area contributed by atoms with Crippen molar-refractivity contribution >= 4 is 17.4 Å². The molecule has 0 radical (unpaired) electrons. The van der Waals surface area contributed by atoms with Crippen molar-refractivity contribution < 1.29 is 19.1 Å². The van der Waals surface area contributed by atoms with E-state index in [2.05, 4.69) is 18.0 Å². The number of ketones is 1. The highest BCUT2D eigenvalue weighted by Gasteiger charge is 2.67. The molecule has 0 N–H and O–H groups in total. The SMILES string of the molecule is COc1cccc2c1N1C(=O)C=C3OCC=C4CN(C)CCC25C(=O)CC4C3C15. The predicted molar refractivity (Wildman–Crippen MR) is 107 cm³/mol. The van der Waals surface area contributed by atoms with Crippen molar-refractivity contribution in [2.45, 2.75) is 24.3 Å². The number of amides is 1. The summed E-state index contributed by atoms with van der Waals surface area (Å²) in [4.78, 5) is 31.4. The number of para-hydroxylation sites is 1. The van der Waals surface area contributed by atoms with Gasteiger partial charge in [-0.25, -0.2) is 0 Å². The predicted octanol–water partition coefficient (Wildman–Crippen LogP) is 2.04. The summed E-state index contributed by atoms with van der Waals surface area (Å²) in [5.74, 6) is 1.62. The smallest absolute Gasteiger partial charge is 0.254 e. The maximum atomic E-state index is 13.9. The van der Waals surface area contributed by atoms with Crippen molar-refractivity contribution in [1.82, 2.24) is 4.90 Å². The zero-order valence-electron chi connectivity index (χ0n) is 16.7. The molecule has 3 fully saturated rings. The first-order valence-corrected chi connectivity index (χ1v) is 10.3. The first-order chi connectivity index (χ1) is 14.1. The van der Waals surface area contributed by atoms with Crippen molar-refractivity contribution in [2.24, 2.45) is 11.8 Å². The number of likely N-dealkylation sites (N-methyl/N-ethyl adjacent to an activating group) is 1. The van der Waals surface area contributed by atoms with Crippen LogP contribution in [-0.2, 0) is 19.7 Å². The van der Waals surface area contributed by atoms with Crippen LogP contribution in [0, 0.1) is 11.8 Å². The summed E-state index contributed by atoms with van der Waals surface area (Å²) in [5.41, 5.74) is 2.27. The lowest BCUT2D eigenvalue weighted by atomic mass is 9.56. The van der Waals surface area contributed by atoms with E-state index < -0.39 is 5.41 Å². The molecule has 1 aliphatic carbocycles. The molecule has 2 saturated heterocycles. The third kappa shape index (κ3) is 2.00. The number of Topliss-reactive ketones (excluding diaryl/α,β-unsaturated/α-hetero) is 1. The maximum absolute atomic E-state index is 13.9. The minimum atomic E-state index is -0.711. The van der Waals surface area contributed by atoms with E-state index in [0.29, 0.717) is 25.2 Å². The molecule has 0 aromatic heterocycles. The highest BCUT2D eigenvalue weighted by molar-refractivity contribution is 6.11. The van der Waals surface area contributed by atoms with E-state index in [1.165, 1.54) is 5.57 Å². The number of rotatable bonds is 1. The van der Waals surface area contributed by atoms with Gasteiger partial charge in [-0.15, -0.1) is 0 Å². The Hall–Kier alpha value is -2.60. The number of anilines is 1. The van der Waals surface area contributed by atoms with Crippen molar-refractivity contribution in [3.05, 3.63) is 47.2 Å². The third-order valence-electron chi connectivity index (χ3n) is 7.64. The Morgan fingerprint density at radius 1 is 1.28 bits per heavy atom. The van der Waals surface area contributed by atoms with E-state index in [-0.39, 0.29) is 29.6 Å². The number of methoxy groups -OCH3 is 1. The number of carbonyl (C=O) groups is 2. The van der Waals surface area contributed by atoms with Gasteiger partial charge in [0.1, 0.15) is 23.9 Å². The molecule has 1 aromatic carbocycles. The molecule has 150 valence electrons. The van der Waals surface area contributed by atoms with Crippen molar-refractivity contribution in [3.8, 4) is 5.75 Å². The van der Waals surface area contributed by atoms with Gasteiger partial charge in [-0.2, -0.15) is 0 Å². The Labute approximate surface area is 169 Å². The fourth-order valence-corrected chi connectivity index (χ4v) is 6.47. The van der Waals surface area contributed by atoms with E-state index in [4.69, 9.17) is 9.47 Å². The van der Waals surface area contributed by atoms with Gasteiger partial charge in [-0.1, -0.05) is 17.7 Å². The molecule has 6 aliphatic rings. The second-order valence-corrected chi connectivity index (χ2v) is 8.86. The van der Waals surface area contributed by atoms with Gasteiger partial charge in [0.25, 0.3) is 5.91 Å².